The molecule has 0 aliphatic carbocycles. The Morgan fingerprint density at radius 3 is 1.96 bits per heavy atom. The van der Waals surface area contributed by atoms with Crippen molar-refractivity contribution in [1.29, 1.82) is 0 Å². The lowest BCUT2D eigenvalue weighted by molar-refractivity contribution is -0.872. The van der Waals surface area contributed by atoms with Crippen molar-refractivity contribution in [2.24, 2.45) is 0 Å². The Hall–Kier alpha value is -2.91. The summed E-state index contributed by atoms with van der Waals surface area (Å²) in [4.78, 5) is 13.8. The lowest BCUT2D eigenvalue weighted by Crippen LogP contribution is -3.04. The molecule has 1 amide bonds. The Labute approximate surface area is 155 Å². The average molecular weight is 345 g/mol. The maximum atomic E-state index is 12.4. The van der Waals surface area contributed by atoms with Gasteiger partial charge in [0.25, 0.3) is 5.91 Å². The van der Waals surface area contributed by atoms with Crippen LogP contribution in [0.15, 0.2) is 78.9 Å². The van der Waals surface area contributed by atoms with Crippen molar-refractivity contribution in [3.8, 4) is 11.1 Å². The third kappa shape index (κ3) is 4.80. The van der Waals surface area contributed by atoms with Crippen LogP contribution in [0.25, 0.3) is 11.1 Å². The number of nitrogens with one attached hydrogen (secondary N) is 2. The molecule has 0 unspecified atom stereocenters. The number of carbonyl (C=O) groups is 1. The fraction of sp³-hybridized carbons (Fsp3) is 0.174. The summed E-state index contributed by atoms with van der Waals surface area (Å²) in [5.41, 5.74) is 5.35. The van der Waals surface area contributed by atoms with Crippen LogP contribution < -0.4 is 10.2 Å². The van der Waals surface area contributed by atoms with Crippen molar-refractivity contribution in [3.63, 3.8) is 0 Å². The van der Waals surface area contributed by atoms with Gasteiger partial charge in [0.1, 0.15) is 6.54 Å². The molecule has 3 heteroatoms. The summed E-state index contributed by atoms with van der Waals surface area (Å²) in [6.45, 7) is 1.54. The molecule has 0 aliphatic rings. The van der Waals surface area contributed by atoms with Gasteiger partial charge in [-0.3, -0.25) is 4.79 Å². The van der Waals surface area contributed by atoms with E-state index in [0.29, 0.717) is 12.1 Å². The van der Waals surface area contributed by atoms with Gasteiger partial charge in [0.2, 0.25) is 0 Å². The van der Waals surface area contributed by atoms with E-state index in [2.05, 4.69) is 55.8 Å². The first-order valence-corrected chi connectivity index (χ1v) is 8.92. The van der Waals surface area contributed by atoms with Gasteiger partial charge in [-0.2, -0.15) is 0 Å². The summed E-state index contributed by atoms with van der Waals surface area (Å²) in [6, 6.07) is 26.3. The highest BCUT2D eigenvalue weighted by atomic mass is 16.1. The number of amides is 1. The highest BCUT2D eigenvalue weighted by molar-refractivity contribution is 5.94. The topological polar surface area (TPSA) is 33.5 Å². The Morgan fingerprint density at radius 2 is 1.35 bits per heavy atom. The van der Waals surface area contributed by atoms with E-state index in [1.54, 1.807) is 0 Å². The van der Waals surface area contributed by atoms with Gasteiger partial charge in [-0.25, -0.2) is 0 Å². The fourth-order valence-electron chi connectivity index (χ4n) is 2.91. The largest absolute Gasteiger partial charge is 0.348 e. The molecule has 0 aromatic heterocycles. The molecule has 3 aromatic carbocycles. The molecule has 0 fully saturated rings. The number of quaternary nitrogens is 1. The molecule has 0 aliphatic heterocycles. The number of benzene rings is 3. The maximum absolute atomic E-state index is 12.4. The van der Waals surface area contributed by atoms with E-state index in [0.717, 1.165) is 23.2 Å². The second-order valence-electron chi connectivity index (χ2n) is 6.83. The monoisotopic (exact) mass is 345 g/mol. The molecule has 2 N–H and O–H groups in total. The molecule has 26 heavy (non-hydrogen) atoms. The SMILES string of the molecule is C[NH+](C)Cc1ccc(CNC(=O)c2ccc(-c3ccccc3)cc2)cc1. The quantitative estimate of drug-likeness (QED) is 0.708. The zero-order chi connectivity index (χ0) is 18.4. The Balaban J connectivity index is 1.58. The van der Waals surface area contributed by atoms with Gasteiger partial charge in [0, 0.05) is 17.7 Å². The lowest BCUT2D eigenvalue weighted by Gasteiger charge is -2.09. The summed E-state index contributed by atoms with van der Waals surface area (Å²) in [7, 11) is 4.27. The van der Waals surface area contributed by atoms with Gasteiger partial charge in [-0.1, -0.05) is 66.7 Å². The maximum Gasteiger partial charge on any atom is 0.251 e. The number of rotatable bonds is 6. The first-order valence-electron chi connectivity index (χ1n) is 8.92. The van der Waals surface area contributed by atoms with Gasteiger partial charge >= 0.3 is 0 Å². The summed E-state index contributed by atoms with van der Waals surface area (Å²) < 4.78 is 0. The van der Waals surface area contributed by atoms with E-state index in [-0.39, 0.29) is 5.91 Å². The highest BCUT2D eigenvalue weighted by Crippen LogP contribution is 2.19. The van der Waals surface area contributed by atoms with Crippen LogP contribution in [0.4, 0.5) is 0 Å². The first kappa shape index (κ1) is 17.9. The van der Waals surface area contributed by atoms with E-state index >= 15 is 0 Å². The molecule has 3 nitrogen and oxygen atoms in total. The zero-order valence-corrected chi connectivity index (χ0v) is 15.3. The summed E-state index contributed by atoms with van der Waals surface area (Å²) >= 11 is 0. The number of carbonyl (C=O) groups excluding carboxylic acids is 1. The van der Waals surface area contributed by atoms with Gasteiger partial charge < -0.3 is 10.2 Å². The molecule has 3 rings (SSSR count). The molecular weight excluding hydrogens is 320 g/mol. The second-order valence-corrected chi connectivity index (χ2v) is 6.83. The smallest absolute Gasteiger partial charge is 0.251 e. The van der Waals surface area contributed by atoms with Crippen molar-refractivity contribution in [1.82, 2.24) is 5.32 Å². The number of hydrogen-bond acceptors (Lipinski definition) is 1. The molecular formula is C23H25N2O+. The van der Waals surface area contributed by atoms with Crippen LogP contribution >= 0.6 is 0 Å². The molecule has 0 radical (unpaired) electrons. The Bertz CT molecular complexity index is 838. The average Bonchev–Trinajstić information content (AvgIpc) is 2.67. The van der Waals surface area contributed by atoms with Crippen molar-refractivity contribution >= 4 is 5.91 Å². The van der Waals surface area contributed by atoms with E-state index in [4.69, 9.17) is 0 Å². The van der Waals surface area contributed by atoms with E-state index in [9.17, 15) is 4.79 Å². The molecule has 3 aromatic rings. The minimum atomic E-state index is -0.0496. The minimum absolute atomic E-state index is 0.0496. The van der Waals surface area contributed by atoms with Gasteiger partial charge in [-0.05, 0) is 28.8 Å². The molecule has 132 valence electrons. The lowest BCUT2D eigenvalue weighted by atomic mass is 10.0. The molecule has 0 saturated heterocycles. The third-order valence-electron chi connectivity index (χ3n) is 4.29. The van der Waals surface area contributed by atoms with Crippen molar-refractivity contribution in [2.45, 2.75) is 13.1 Å². The normalized spacial score (nSPS) is 10.7. The molecule has 0 heterocycles. The van der Waals surface area contributed by atoms with E-state index in [1.165, 1.54) is 10.5 Å². The van der Waals surface area contributed by atoms with Crippen LogP contribution in [0, 0.1) is 0 Å². The summed E-state index contributed by atoms with van der Waals surface area (Å²) in [5, 5.41) is 2.99. The predicted octanol–water partition coefficient (Wildman–Crippen LogP) is 2.93. The third-order valence-corrected chi connectivity index (χ3v) is 4.29. The standard InChI is InChI=1S/C23H24N2O/c1-25(2)17-19-10-8-18(9-11-19)16-24-23(26)22-14-12-21(13-15-22)20-6-4-3-5-7-20/h3-15H,16-17H2,1-2H3,(H,24,26)/p+1. The fourth-order valence-corrected chi connectivity index (χ4v) is 2.91. The number of hydrogen-bond donors (Lipinski definition) is 2. The van der Waals surface area contributed by atoms with Crippen molar-refractivity contribution in [2.75, 3.05) is 14.1 Å². The van der Waals surface area contributed by atoms with Gasteiger partial charge in [0.15, 0.2) is 0 Å². The molecule has 0 spiro atoms. The Morgan fingerprint density at radius 1 is 0.769 bits per heavy atom. The molecule has 0 bridgehead atoms. The Kier molecular flexibility index (Phi) is 5.82. The highest BCUT2D eigenvalue weighted by Gasteiger charge is 2.06. The van der Waals surface area contributed by atoms with Crippen LogP contribution in [-0.4, -0.2) is 20.0 Å². The van der Waals surface area contributed by atoms with Crippen LogP contribution in [-0.2, 0) is 13.1 Å². The van der Waals surface area contributed by atoms with E-state index in [1.807, 2.05) is 42.5 Å². The first-order chi connectivity index (χ1) is 12.6. The predicted molar refractivity (Wildman–Crippen MR) is 106 cm³/mol. The van der Waals surface area contributed by atoms with Crippen LogP contribution in [0.1, 0.15) is 21.5 Å². The minimum Gasteiger partial charge on any atom is -0.348 e. The molecule has 0 atom stereocenters. The van der Waals surface area contributed by atoms with Gasteiger partial charge in [0.05, 0.1) is 14.1 Å². The van der Waals surface area contributed by atoms with Crippen LogP contribution in [0.3, 0.4) is 0 Å². The molecule has 0 saturated carbocycles. The van der Waals surface area contributed by atoms with E-state index < -0.39 is 0 Å². The summed E-state index contributed by atoms with van der Waals surface area (Å²) in [6.07, 6.45) is 0. The van der Waals surface area contributed by atoms with Crippen LogP contribution in [0.5, 0.6) is 0 Å². The van der Waals surface area contributed by atoms with Gasteiger partial charge in [-0.15, -0.1) is 0 Å². The van der Waals surface area contributed by atoms with Crippen LogP contribution in [0.2, 0.25) is 0 Å². The van der Waals surface area contributed by atoms with Crippen molar-refractivity contribution < 1.29 is 9.69 Å². The summed E-state index contributed by atoms with van der Waals surface area (Å²) in [5.74, 6) is -0.0496. The zero-order valence-electron chi connectivity index (χ0n) is 15.3. The second kappa shape index (κ2) is 8.45. The van der Waals surface area contributed by atoms with Crippen molar-refractivity contribution in [3.05, 3.63) is 95.6 Å².